The lowest BCUT2D eigenvalue weighted by Gasteiger charge is -2.63. The van der Waals surface area contributed by atoms with Crippen LogP contribution in [0.1, 0.15) is 68.2 Å². The lowest BCUT2D eigenvalue weighted by Crippen LogP contribution is -2.76. The van der Waals surface area contributed by atoms with Gasteiger partial charge in [-0.05, 0) is 17.8 Å². The van der Waals surface area contributed by atoms with E-state index in [0.717, 1.165) is 6.42 Å². The van der Waals surface area contributed by atoms with Gasteiger partial charge in [0.05, 0.1) is 0 Å². The molecule has 0 aromatic heterocycles. The van der Waals surface area contributed by atoms with Gasteiger partial charge in [-0.1, -0.05) is 55.4 Å². The molecule has 1 atom stereocenters. The molecule has 3 N–H and O–H groups in total. The van der Waals surface area contributed by atoms with E-state index in [2.05, 4.69) is 60.7 Å². The van der Waals surface area contributed by atoms with Crippen LogP contribution in [-0.2, 0) is 4.79 Å². The summed E-state index contributed by atoms with van der Waals surface area (Å²) in [5, 5.41) is 3.23. The van der Waals surface area contributed by atoms with Crippen molar-refractivity contribution in [1.82, 2.24) is 5.32 Å². The van der Waals surface area contributed by atoms with E-state index in [-0.39, 0.29) is 34.2 Å². The molecule has 0 saturated heterocycles. The quantitative estimate of drug-likeness (QED) is 0.831. The zero-order chi connectivity index (χ0) is 15.9. The van der Waals surface area contributed by atoms with Gasteiger partial charge < -0.3 is 11.1 Å². The van der Waals surface area contributed by atoms with E-state index >= 15 is 0 Å². The molecule has 1 aliphatic carbocycles. The molecular weight excluding hydrogens is 248 g/mol. The standard InChI is InChI=1S/C17H34N2O/c1-11(10-15(2,3)4)9-12(20)19-14-16(5,6)13(18)17(14,7)8/h11,13-14H,9-10,18H2,1-8H3,(H,19,20). The SMILES string of the molecule is CC(CC(=O)NC1C(C)(C)C(N)C1(C)C)CC(C)(C)C. The van der Waals surface area contributed by atoms with Gasteiger partial charge in [-0.2, -0.15) is 0 Å². The first kappa shape index (κ1) is 17.5. The highest BCUT2D eigenvalue weighted by Gasteiger charge is 2.60. The van der Waals surface area contributed by atoms with E-state index in [4.69, 9.17) is 5.73 Å². The molecular formula is C17H34N2O. The second-order valence-corrected chi connectivity index (χ2v) is 9.20. The monoisotopic (exact) mass is 282 g/mol. The maximum absolute atomic E-state index is 12.3. The Labute approximate surface area is 125 Å². The fourth-order valence-electron chi connectivity index (χ4n) is 4.21. The first-order valence-corrected chi connectivity index (χ1v) is 7.83. The number of hydrogen-bond donors (Lipinski definition) is 2. The third kappa shape index (κ3) is 3.55. The first-order chi connectivity index (χ1) is 8.78. The van der Waals surface area contributed by atoms with Gasteiger partial charge in [0.15, 0.2) is 0 Å². The van der Waals surface area contributed by atoms with Gasteiger partial charge in [0.1, 0.15) is 0 Å². The Morgan fingerprint density at radius 1 is 1.20 bits per heavy atom. The summed E-state index contributed by atoms with van der Waals surface area (Å²) in [6.45, 7) is 17.4. The Balaban J connectivity index is 2.55. The minimum atomic E-state index is -0.0214. The zero-order valence-corrected chi connectivity index (χ0v) is 14.6. The number of nitrogens with two attached hydrogens (primary N) is 1. The maximum Gasteiger partial charge on any atom is 0.220 e. The summed E-state index contributed by atoms with van der Waals surface area (Å²) in [4.78, 5) is 12.3. The molecule has 0 heterocycles. The predicted octanol–water partition coefficient (Wildman–Crippen LogP) is 3.33. The van der Waals surface area contributed by atoms with Gasteiger partial charge in [0, 0.05) is 29.3 Å². The molecule has 1 saturated carbocycles. The van der Waals surface area contributed by atoms with Crippen molar-refractivity contribution < 1.29 is 4.79 Å². The summed E-state index contributed by atoms with van der Waals surface area (Å²) in [6.07, 6.45) is 1.67. The summed E-state index contributed by atoms with van der Waals surface area (Å²) in [5.41, 5.74) is 6.47. The van der Waals surface area contributed by atoms with Crippen LogP contribution in [0.2, 0.25) is 0 Å². The van der Waals surface area contributed by atoms with Crippen LogP contribution in [0.25, 0.3) is 0 Å². The highest BCUT2D eigenvalue weighted by atomic mass is 16.1. The van der Waals surface area contributed by atoms with Crippen molar-refractivity contribution in [1.29, 1.82) is 0 Å². The molecule has 0 aromatic rings. The topological polar surface area (TPSA) is 55.1 Å². The lowest BCUT2D eigenvalue weighted by molar-refractivity contribution is -0.133. The smallest absolute Gasteiger partial charge is 0.220 e. The van der Waals surface area contributed by atoms with Crippen molar-refractivity contribution >= 4 is 5.91 Å². The third-order valence-corrected chi connectivity index (χ3v) is 4.89. The van der Waals surface area contributed by atoms with Crippen LogP contribution < -0.4 is 11.1 Å². The molecule has 0 spiro atoms. The molecule has 0 aromatic carbocycles. The van der Waals surface area contributed by atoms with Gasteiger partial charge in [-0.15, -0.1) is 0 Å². The van der Waals surface area contributed by atoms with Crippen LogP contribution in [0.5, 0.6) is 0 Å². The van der Waals surface area contributed by atoms with Crippen molar-refractivity contribution in [3.8, 4) is 0 Å². The molecule has 3 heteroatoms. The van der Waals surface area contributed by atoms with Crippen LogP contribution in [0.15, 0.2) is 0 Å². The van der Waals surface area contributed by atoms with E-state index < -0.39 is 0 Å². The highest BCUT2D eigenvalue weighted by Crippen LogP contribution is 2.52. The second-order valence-electron chi connectivity index (χ2n) is 9.20. The Hall–Kier alpha value is -0.570. The zero-order valence-electron chi connectivity index (χ0n) is 14.6. The van der Waals surface area contributed by atoms with E-state index in [1.54, 1.807) is 0 Å². The normalized spacial score (nSPS) is 29.4. The molecule has 0 radical (unpaired) electrons. The number of carbonyl (C=O) groups is 1. The van der Waals surface area contributed by atoms with E-state index in [1.807, 2.05) is 0 Å². The van der Waals surface area contributed by atoms with Crippen molar-refractivity contribution in [3.63, 3.8) is 0 Å². The van der Waals surface area contributed by atoms with Crippen LogP contribution in [0.4, 0.5) is 0 Å². The molecule has 20 heavy (non-hydrogen) atoms. The molecule has 118 valence electrons. The molecule has 1 amide bonds. The van der Waals surface area contributed by atoms with Crippen molar-refractivity contribution in [3.05, 3.63) is 0 Å². The van der Waals surface area contributed by atoms with E-state index in [0.29, 0.717) is 12.3 Å². The number of nitrogens with one attached hydrogen (secondary N) is 1. The summed E-state index contributed by atoms with van der Waals surface area (Å²) in [5.74, 6) is 0.578. The molecule has 0 bridgehead atoms. The average Bonchev–Trinajstić information content (AvgIpc) is 2.21. The molecule has 0 aliphatic heterocycles. The van der Waals surface area contributed by atoms with E-state index in [1.165, 1.54) is 0 Å². The van der Waals surface area contributed by atoms with Crippen molar-refractivity contribution in [2.24, 2.45) is 27.9 Å². The Morgan fingerprint density at radius 2 is 1.65 bits per heavy atom. The number of rotatable bonds is 4. The van der Waals surface area contributed by atoms with Gasteiger partial charge in [-0.3, -0.25) is 4.79 Å². The molecule has 3 nitrogen and oxygen atoms in total. The van der Waals surface area contributed by atoms with Gasteiger partial charge >= 0.3 is 0 Å². The van der Waals surface area contributed by atoms with Gasteiger partial charge in [-0.25, -0.2) is 0 Å². The maximum atomic E-state index is 12.3. The second kappa shape index (κ2) is 5.32. The van der Waals surface area contributed by atoms with Crippen LogP contribution in [0, 0.1) is 22.2 Å². The first-order valence-electron chi connectivity index (χ1n) is 7.83. The van der Waals surface area contributed by atoms with Crippen LogP contribution in [-0.4, -0.2) is 18.0 Å². The summed E-state index contributed by atoms with van der Waals surface area (Å²) in [7, 11) is 0. The summed E-state index contributed by atoms with van der Waals surface area (Å²) in [6, 6.07) is 0.298. The number of amides is 1. The number of carbonyl (C=O) groups excluding carboxylic acids is 1. The summed E-state index contributed by atoms with van der Waals surface area (Å²) < 4.78 is 0. The molecule has 1 unspecified atom stereocenters. The Morgan fingerprint density at radius 3 is 2.05 bits per heavy atom. The molecule has 1 fully saturated rings. The fraction of sp³-hybridized carbons (Fsp3) is 0.941. The van der Waals surface area contributed by atoms with E-state index in [9.17, 15) is 4.79 Å². The van der Waals surface area contributed by atoms with Crippen LogP contribution in [0.3, 0.4) is 0 Å². The summed E-state index contributed by atoms with van der Waals surface area (Å²) >= 11 is 0. The molecule has 1 rings (SSSR count). The average molecular weight is 282 g/mol. The third-order valence-electron chi connectivity index (χ3n) is 4.89. The van der Waals surface area contributed by atoms with Crippen LogP contribution >= 0.6 is 0 Å². The fourth-order valence-corrected chi connectivity index (χ4v) is 4.21. The highest BCUT2D eigenvalue weighted by molar-refractivity contribution is 5.77. The van der Waals surface area contributed by atoms with Gasteiger partial charge in [0.2, 0.25) is 5.91 Å². The van der Waals surface area contributed by atoms with Gasteiger partial charge in [0.25, 0.3) is 0 Å². The number of hydrogen-bond acceptors (Lipinski definition) is 2. The Kier molecular flexibility index (Phi) is 4.65. The molecule has 1 aliphatic rings. The Bertz CT molecular complexity index is 350. The largest absolute Gasteiger partial charge is 0.352 e. The van der Waals surface area contributed by atoms with Crippen molar-refractivity contribution in [2.45, 2.75) is 80.3 Å². The lowest BCUT2D eigenvalue weighted by atomic mass is 9.48. The minimum absolute atomic E-state index is 0.0214. The van der Waals surface area contributed by atoms with Crippen molar-refractivity contribution in [2.75, 3.05) is 0 Å². The predicted molar refractivity (Wildman–Crippen MR) is 85.3 cm³/mol. The minimum Gasteiger partial charge on any atom is -0.352 e.